The Morgan fingerprint density at radius 2 is 1.97 bits per heavy atom. The highest BCUT2D eigenvalue weighted by Gasteiger charge is 2.21. The van der Waals surface area contributed by atoms with Crippen molar-refractivity contribution in [1.82, 2.24) is 4.98 Å². The zero-order chi connectivity index (χ0) is 21.0. The van der Waals surface area contributed by atoms with Gasteiger partial charge in [-0.25, -0.2) is 4.98 Å². The largest absolute Gasteiger partial charge is 0.501 e. The minimum Gasteiger partial charge on any atom is -0.501 e. The first-order chi connectivity index (χ1) is 13.9. The molecule has 1 aliphatic rings. The molecule has 0 bridgehead atoms. The van der Waals surface area contributed by atoms with Crippen LogP contribution >= 0.6 is 11.3 Å². The molecule has 1 aromatic heterocycles. The minimum atomic E-state index is -0.785. The van der Waals surface area contributed by atoms with E-state index in [1.165, 1.54) is 24.3 Å². The number of ether oxygens (including phenoxy) is 1. The first kappa shape index (κ1) is 20.0. The number of anilines is 3. The van der Waals surface area contributed by atoms with Crippen LogP contribution in [-0.2, 0) is 9.53 Å². The molecule has 1 aromatic carbocycles. The Morgan fingerprint density at radius 3 is 2.52 bits per heavy atom. The summed E-state index contributed by atoms with van der Waals surface area (Å²) < 4.78 is 5.14. The molecule has 2 amide bonds. The monoisotopic (exact) mass is 415 g/mol. The number of non-ortho nitro benzene ring substituents is 1. The molecule has 0 atom stereocenters. The second kappa shape index (κ2) is 8.52. The molecule has 29 heavy (non-hydrogen) atoms. The van der Waals surface area contributed by atoms with Crippen molar-refractivity contribution < 1.29 is 19.2 Å². The predicted octanol–water partition coefficient (Wildman–Crippen LogP) is 3.08. The number of carbonyl (C=O) groups excluding carboxylic acids is 2. The van der Waals surface area contributed by atoms with Crippen molar-refractivity contribution in [3.63, 3.8) is 0 Å². The van der Waals surface area contributed by atoms with Crippen molar-refractivity contribution >= 4 is 44.7 Å². The van der Waals surface area contributed by atoms with Gasteiger partial charge in [0.15, 0.2) is 10.8 Å². The van der Waals surface area contributed by atoms with Crippen LogP contribution in [0.5, 0.6) is 0 Å². The molecule has 2 aromatic rings. The average Bonchev–Trinajstić information content (AvgIpc) is 3.10. The molecular weight excluding hydrogens is 398 g/mol. The third-order valence-corrected chi connectivity index (χ3v) is 4.97. The lowest BCUT2D eigenvalue weighted by Gasteiger charge is -2.13. The molecular formula is C18H17N5O5S. The van der Waals surface area contributed by atoms with Crippen LogP contribution in [0.3, 0.4) is 0 Å². The van der Waals surface area contributed by atoms with Crippen LogP contribution in [0.1, 0.15) is 23.3 Å². The van der Waals surface area contributed by atoms with E-state index in [4.69, 9.17) is 10.5 Å². The Kier molecular flexibility index (Phi) is 5.88. The van der Waals surface area contributed by atoms with Gasteiger partial charge in [0.2, 0.25) is 0 Å². The van der Waals surface area contributed by atoms with Gasteiger partial charge in [0.25, 0.3) is 17.5 Å². The van der Waals surface area contributed by atoms with Gasteiger partial charge in [-0.05, 0) is 24.6 Å². The number of aromatic nitrogens is 1. The number of nitrogens with one attached hydrogen (secondary N) is 2. The van der Waals surface area contributed by atoms with Crippen molar-refractivity contribution in [2.24, 2.45) is 5.73 Å². The van der Waals surface area contributed by atoms with Crippen molar-refractivity contribution in [2.45, 2.75) is 12.8 Å². The van der Waals surface area contributed by atoms with Crippen molar-refractivity contribution in [3.8, 4) is 0 Å². The summed E-state index contributed by atoms with van der Waals surface area (Å²) >= 11 is 1.03. The number of allylic oxidation sites excluding steroid dienone is 3. The summed E-state index contributed by atoms with van der Waals surface area (Å²) in [6.45, 7) is 0. The molecule has 0 saturated carbocycles. The molecule has 0 fully saturated rings. The Bertz CT molecular complexity index is 1030. The fraction of sp³-hybridized carbons (Fsp3) is 0.167. The Morgan fingerprint density at radius 1 is 1.24 bits per heavy atom. The van der Waals surface area contributed by atoms with Gasteiger partial charge in [-0.1, -0.05) is 17.4 Å². The van der Waals surface area contributed by atoms with E-state index >= 15 is 0 Å². The normalized spacial score (nSPS) is 13.1. The molecule has 11 heteroatoms. The number of nitro groups is 1. The molecule has 0 aliphatic heterocycles. The van der Waals surface area contributed by atoms with Gasteiger partial charge >= 0.3 is 0 Å². The second-order valence-corrected chi connectivity index (χ2v) is 6.97. The third-order valence-electron chi connectivity index (χ3n) is 4.08. The van der Waals surface area contributed by atoms with E-state index in [0.29, 0.717) is 29.2 Å². The summed E-state index contributed by atoms with van der Waals surface area (Å²) in [5.74, 6) is -0.358. The van der Waals surface area contributed by atoms with E-state index in [2.05, 4.69) is 15.6 Å². The summed E-state index contributed by atoms with van der Waals surface area (Å²) in [5, 5.41) is 16.9. The first-order valence-corrected chi connectivity index (χ1v) is 9.26. The molecule has 0 spiro atoms. The topological polar surface area (TPSA) is 149 Å². The number of carbonyl (C=O) groups is 2. The highest BCUT2D eigenvalue weighted by molar-refractivity contribution is 7.20. The number of hydrogen-bond donors (Lipinski definition) is 3. The maximum Gasteiger partial charge on any atom is 0.270 e. The summed E-state index contributed by atoms with van der Waals surface area (Å²) in [5.41, 5.74) is 6.33. The van der Waals surface area contributed by atoms with Crippen molar-refractivity contribution in [1.29, 1.82) is 0 Å². The van der Waals surface area contributed by atoms with E-state index in [1.807, 2.05) is 0 Å². The van der Waals surface area contributed by atoms with E-state index in [1.54, 1.807) is 19.3 Å². The van der Waals surface area contributed by atoms with Gasteiger partial charge in [-0.15, -0.1) is 0 Å². The lowest BCUT2D eigenvalue weighted by atomic mass is 10.0. The van der Waals surface area contributed by atoms with E-state index < -0.39 is 10.8 Å². The molecule has 10 nitrogen and oxygen atoms in total. The number of methoxy groups -OCH3 is 1. The fourth-order valence-electron chi connectivity index (χ4n) is 2.58. The van der Waals surface area contributed by atoms with Gasteiger partial charge in [0.05, 0.1) is 17.8 Å². The molecule has 1 aliphatic carbocycles. The van der Waals surface area contributed by atoms with E-state index in [-0.39, 0.29) is 22.3 Å². The number of rotatable bonds is 7. The second-order valence-electron chi connectivity index (χ2n) is 5.97. The number of nitro benzene ring substituents is 1. The highest BCUT2D eigenvalue weighted by Crippen LogP contribution is 2.32. The van der Waals surface area contributed by atoms with Crippen LogP contribution in [0, 0.1) is 10.1 Å². The van der Waals surface area contributed by atoms with Crippen LogP contribution in [0.2, 0.25) is 0 Å². The zero-order valence-corrected chi connectivity index (χ0v) is 16.1. The lowest BCUT2D eigenvalue weighted by molar-refractivity contribution is -0.384. The van der Waals surface area contributed by atoms with Crippen molar-refractivity contribution in [2.75, 3.05) is 17.7 Å². The number of benzene rings is 1. The Labute approximate surface area is 169 Å². The zero-order valence-electron chi connectivity index (χ0n) is 15.3. The Balaban J connectivity index is 1.77. The minimum absolute atomic E-state index is 0.0492. The maximum atomic E-state index is 12.5. The maximum absolute atomic E-state index is 12.5. The van der Waals surface area contributed by atoms with Crippen LogP contribution in [0.4, 0.5) is 21.5 Å². The van der Waals surface area contributed by atoms with Gasteiger partial charge in [-0.2, -0.15) is 0 Å². The van der Waals surface area contributed by atoms with Crippen LogP contribution in [0.25, 0.3) is 0 Å². The molecule has 0 radical (unpaired) electrons. The van der Waals surface area contributed by atoms with Gasteiger partial charge in [0.1, 0.15) is 5.00 Å². The first-order valence-electron chi connectivity index (χ1n) is 8.44. The van der Waals surface area contributed by atoms with Crippen LogP contribution in [-0.4, -0.2) is 28.8 Å². The van der Waals surface area contributed by atoms with Crippen LogP contribution < -0.4 is 16.4 Å². The predicted molar refractivity (Wildman–Crippen MR) is 108 cm³/mol. The smallest absolute Gasteiger partial charge is 0.270 e. The molecule has 0 unspecified atom stereocenters. The number of nitrogens with zero attached hydrogens (tertiary/aromatic N) is 2. The van der Waals surface area contributed by atoms with E-state index in [0.717, 1.165) is 17.1 Å². The molecule has 3 rings (SSSR count). The molecule has 4 N–H and O–H groups in total. The summed E-state index contributed by atoms with van der Waals surface area (Å²) in [6.07, 6.45) is 4.50. The average molecular weight is 415 g/mol. The number of hydrogen-bond acceptors (Lipinski definition) is 8. The summed E-state index contributed by atoms with van der Waals surface area (Å²) in [4.78, 5) is 38.6. The Hall–Kier alpha value is -3.73. The molecule has 0 saturated heterocycles. The molecule has 1 heterocycles. The SMILES string of the molecule is COC1=CC=C(C(=O)Nc2sc(Nc3ccc([N+](=O)[O-])cc3)nc2C(N)=O)CC1. The number of nitrogens with two attached hydrogens (primary N) is 1. The lowest BCUT2D eigenvalue weighted by Crippen LogP contribution is -2.19. The van der Waals surface area contributed by atoms with Gasteiger partial charge in [0, 0.05) is 29.8 Å². The van der Waals surface area contributed by atoms with Gasteiger partial charge < -0.3 is 21.1 Å². The summed E-state index contributed by atoms with van der Waals surface area (Å²) in [7, 11) is 1.57. The van der Waals surface area contributed by atoms with E-state index in [9.17, 15) is 19.7 Å². The number of primary amides is 1. The van der Waals surface area contributed by atoms with Gasteiger partial charge in [-0.3, -0.25) is 19.7 Å². The number of amides is 2. The summed E-state index contributed by atoms with van der Waals surface area (Å²) in [6, 6.07) is 5.69. The quantitative estimate of drug-likeness (QED) is 0.464. The van der Waals surface area contributed by atoms with Crippen molar-refractivity contribution in [3.05, 3.63) is 63.6 Å². The third kappa shape index (κ3) is 4.76. The number of thiazole rings is 1. The molecule has 150 valence electrons. The fourth-order valence-corrected chi connectivity index (χ4v) is 3.46. The highest BCUT2D eigenvalue weighted by atomic mass is 32.1. The standard InChI is InChI=1S/C18H17N5O5S/c1-28-13-8-2-10(3-9-13)16(25)22-17-14(15(19)24)21-18(29-17)20-11-4-6-12(7-5-11)23(26)27/h2,4-8H,3,9H2,1H3,(H2,19,24)(H,20,21)(H,22,25). The van der Waals surface area contributed by atoms with Crippen LogP contribution in [0.15, 0.2) is 47.7 Å².